The van der Waals surface area contributed by atoms with Crippen LogP contribution in [0.2, 0.25) is 0 Å². The first-order valence-corrected chi connectivity index (χ1v) is 13.4. The zero-order valence-electron chi connectivity index (χ0n) is 18.9. The van der Waals surface area contributed by atoms with Gasteiger partial charge in [-0.2, -0.15) is 0 Å². The molecule has 0 bridgehead atoms. The molecule has 1 aromatic carbocycles. The number of carbonyl (C=O) groups is 2. The molecule has 2 amide bonds. The molecule has 0 spiro atoms. The van der Waals surface area contributed by atoms with Gasteiger partial charge in [0, 0.05) is 30.6 Å². The van der Waals surface area contributed by atoms with Crippen molar-refractivity contribution in [3.63, 3.8) is 0 Å². The van der Waals surface area contributed by atoms with Crippen LogP contribution in [-0.4, -0.2) is 62.3 Å². The molecule has 1 saturated carbocycles. The van der Waals surface area contributed by atoms with Crippen molar-refractivity contribution in [1.29, 1.82) is 0 Å². The van der Waals surface area contributed by atoms with E-state index in [2.05, 4.69) is 20.6 Å². The Morgan fingerprint density at radius 3 is 2.65 bits per heavy atom. The molecule has 180 valence electrons. The van der Waals surface area contributed by atoms with Gasteiger partial charge >= 0.3 is 0 Å². The first kappa shape index (κ1) is 24.2. The number of carbonyl (C=O) groups excluding carboxylic acids is 2. The maximum absolute atomic E-state index is 13.1. The molecule has 2 aromatic heterocycles. The molecule has 34 heavy (non-hydrogen) atoms. The number of nitrogens with one attached hydrogen (secondary N) is 2. The highest BCUT2D eigenvalue weighted by atomic mass is 32.2. The van der Waals surface area contributed by atoms with Crippen LogP contribution in [0.25, 0.3) is 21.3 Å². The number of aromatic nitrogens is 2. The minimum atomic E-state index is -3.94. The summed E-state index contributed by atoms with van der Waals surface area (Å²) >= 11 is 1.15. The Bertz CT molecular complexity index is 1300. The van der Waals surface area contributed by atoms with Gasteiger partial charge in [0.15, 0.2) is 15.1 Å². The smallest absolute Gasteiger partial charge is 0.245 e. The second-order valence-corrected chi connectivity index (χ2v) is 11.5. The Kier molecular flexibility index (Phi) is 7.24. The van der Waals surface area contributed by atoms with Crippen molar-refractivity contribution >= 4 is 43.2 Å². The summed E-state index contributed by atoms with van der Waals surface area (Å²) in [5, 5.41) is 3.87. The third-order valence-corrected chi connectivity index (χ3v) is 8.55. The van der Waals surface area contributed by atoms with E-state index in [1.165, 1.54) is 7.11 Å². The maximum atomic E-state index is 13.1. The van der Waals surface area contributed by atoms with Crippen LogP contribution >= 0.6 is 11.3 Å². The van der Waals surface area contributed by atoms with E-state index in [-0.39, 0.29) is 35.9 Å². The quantitative estimate of drug-likeness (QED) is 0.435. The average molecular weight is 503 g/mol. The van der Waals surface area contributed by atoms with Crippen LogP contribution in [0.3, 0.4) is 0 Å². The van der Waals surface area contributed by atoms with Crippen molar-refractivity contribution < 1.29 is 22.7 Å². The number of aryl methyl sites for hydroxylation is 1. The first-order valence-electron chi connectivity index (χ1n) is 10.9. The molecule has 0 radical (unpaired) electrons. The third-order valence-electron chi connectivity index (χ3n) is 5.41. The minimum absolute atomic E-state index is 0.0518. The van der Waals surface area contributed by atoms with Crippen molar-refractivity contribution in [2.24, 2.45) is 0 Å². The lowest BCUT2D eigenvalue weighted by Gasteiger charge is -2.15. The van der Waals surface area contributed by atoms with Crippen LogP contribution in [0.4, 0.5) is 0 Å². The second-order valence-electron chi connectivity index (χ2n) is 8.22. The molecule has 3 aromatic rings. The molecule has 1 aliphatic carbocycles. The Hall–Kier alpha value is -2.89. The number of hydrogen-bond acceptors (Lipinski definition) is 8. The molecule has 1 aliphatic rings. The zero-order chi connectivity index (χ0) is 24.3. The van der Waals surface area contributed by atoms with E-state index in [1.807, 2.05) is 37.3 Å². The Morgan fingerprint density at radius 1 is 1.21 bits per heavy atom. The summed E-state index contributed by atoms with van der Waals surface area (Å²) in [6, 6.07) is 9.62. The number of rotatable bonds is 10. The molecule has 1 unspecified atom stereocenters. The van der Waals surface area contributed by atoms with Crippen molar-refractivity contribution in [3.8, 4) is 11.1 Å². The molecular weight excluding hydrogens is 476 g/mol. The molecule has 2 N–H and O–H groups in total. The summed E-state index contributed by atoms with van der Waals surface area (Å²) in [5.41, 5.74) is 3.29. The summed E-state index contributed by atoms with van der Waals surface area (Å²) in [7, 11) is -2.55. The zero-order valence-corrected chi connectivity index (χ0v) is 20.5. The summed E-state index contributed by atoms with van der Waals surface area (Å²) in [6.07, 6.45) is 3.60. The van der Waals surface area contributed by atoms with Crippen molar-refractivity contribution in [3.05, 3.63) is 47.2 Å². The number of sulfone groups is 1. The highest BCUT2D eigenvalue weighted by Gasteiger charge is 2.37. The van der Waals surface area contributed by atoms with Gasteiger partial charge in [-0.05, 0) is 43.5 Å². The van der Waals surface area contributed by atoms with E-state index in [0.29, 0.717) is 5.52 Å². The van der Waals surface area contributed by atoms with Crippen molar-refractivity contribution in [2.45, 2.75) is 31.1 Å². The molecule has 4 rings (SSSR count). The predicted molar refractivity (Wildman–Crippen MR) is 130 cm³/mol. The van der Waals surface area contributed by atoms with Gasteiger partial charge in [0.25, 0.3) is 0 Å². The Labute approximate surface area is 201 Å². The van der Waals surface area contributed by atoms with E-state index in [9.17, 15) is 18.0 Å². The van der Waals surface area contributed by atoms with Gasteiger partial charge in [-0.1, -0.05) is 12.1 Å². The second kappa shape index (κ2) is 10.2. The summed E-state index contributed by atoms with van der Waals surface area (Å²) in [6.45, 7) is 1.56. The number of nitrogens with zero attached hydrogens (tertiary/aromatic N) is 2. The Balaban J connectivity index is 1.62. The van der Waals surface area contributed by atoms with E-state index in [0.717, 1.165) is 45.7 Å². The molecule has 0 aliphatic heterocycles. The van der Waals surface area contributed by atoms with Crippen molar-refractivity contribution in [2.75, 3.05) is 26.0 Å². The number of methoxy groups -OCH3 is 1. The third kappa shape index (κ3) is 5.78. The van der Waals surface area contributed by atoms with E-state index < -0.39 is 21.0 Å². The van der Waals surface area contributed by atoms with Gasteiger partial charge in [0.1, 0.15) is 5.01 Å². The molecule has 2 heterocycles. The number of fused-ring (bicyclic) bond motifs is 1. The lowest BCUT2D eigenvalue weighted by atomic mass is 10.1. The largest absolute Gasteiger partial charge is 0.384 e. The molecule has 0 saturated heterocycles. The van der Waals surface area contributed by atoms with Gasteiger partial charge in [-0.3, -0.25) is 14.6 Å². The Morgan fingerprint density at radius 2 is 1.97 bits per heavy atom. The fourth-order valence-electron chi connectivity index (χ4n) is 3.39. The number of amides is 2. The average Bonchev–Trinajstić information content (AvgIpc) is 3.52. The molecule has 1 fully saturated rings. The number of benzene rings is 1. The van der Waals surface area contributed by atoms with Gasteiger partial charge in [0.05, 0.1) is 29.1 Å². The van der Waals surface area contributed by atoms with Crippen LogP contribution in [0, 0.1) is 6.92 Å². The van der Waals surface area contributed by atoms with Crippen LogP contribution in [-0.2, 0) is 24.2 Å². The minimum Gasteiger partial charge on any atom is -0.384 e. The van der Waals surface area contributed by atoms with Crippen LogP contribution in [0.15, 0.2) is 36.5 Å². The standard InChI is InChI=1S/C23H26N4O5S2/c1-14-3-4-16(12-24-14)15-5-8-19-18(11-15)27-23(33-19)21(34(30,31)10-9-32-2)22(29)25-13-20(28)26-17-6-7-17/h3-5,8,11-12,17,21H,6-7,9-10,13H2,1-2H3,(H,25,29)(H,26,28). The van der Waals surface area contributed by atoms with Crippen LogP contribution in [0.1, 0.15) is 28.8 Å². The van der Waals surface area contributed by atoms with E-state index in [1.54, 1.807) is 6.20 Å². The topological polar surface area (TPSA) is 127 Å². The molecule has 11 heteroatoms. The fourth-order valence-corrected chi connectivity index (χ4v) is 6.31. The summed E-state index contributed by atoms with van der Waals surface area (Å²) in [5.74, 6) is -1.46. The van der Waals surface area contributed by atoms with Gasteiger partial charge in [0.2, 0.25) is 11.8 Å². The van der Waals surface area contributed by atoms with E-state index in [4.69, 9.17) is 4.74 Å². The molecule has 9 nitrogen and oxygen atoms in total. The van der Waals surface area contributed by atoms with Crippen molar-refractivity contribution in [1.82, 2.24) is 20.6 Å². The van der Waals surface area contributed by atoms with Crippen LogP contribution < -0.4 is 10.6 Å². The fraction of sp³-hybridized carbons (Fsp3) is 0.391. The number of ether oxygens (including phenoxy) is 1. The van der Waals surface area contributed by atoms with Gasteiger partial charge < -0.3 is 15.4 Å². The lowest BCUT2D eigenvalue weighted by Crippen LogP contribution is -2.41. The number of hydrogen-bond donors (Lipinski definition) is 2. The molecule has 1 atom stereocenters. The highest BCUT2D eigenvalue weighted by molar-refractivity contribution is 7.92. The van der Waals surface area contributed by atoms with Crippen LogP contribution in [0.5, 0.6) is 0 Å². The highest BCUT2D eigenvalue weighted by Crippen LogP contribution is 2.33. The van der Waals surface area contributed by atoms with Gasteiger partial charge in [-0.25, -0.2) is 13.4 Å². The predicted octanol–water partition coefficient (Wildman–Crippen LogP) is 2.16. The lowest BCUT2D eigenvalue weighted by molar-refractivity contribution is -0.126. The van der Waals surface area contributed by atoms with E-state index >= 15 is 0 Å². The van der Waals surface area contributed by atoms with Gasteiger partial charge in [-0.15, -0.1) is 11.3 Å². The molecular formula is C23H26N4O5S2. The normalized spacial score (nSPS) is 14.6. The number of pyridine rings is 1. The first-order chi connectivity index (χ1) is 16.3. The SMILES string of the molecule is COCCS(=O)(=O)C(C(=O)NCC(=O)NC1CC1)c1nc2cc(-c3ccc(C)nc3)ccc2s1. The summed E-state index contributed by atoms with van der Waals surface area (Å²) in [4.78, 5) is 33.8. The number of thiazole rings is 1. The summed E-state index contributed by atoms with van der Waals surface area (Å²) < 4.78 is 31.8. The monoisotopic (exact) mass is 502 g/mol. The maximum Gasteiger partial charge on any atom is 0.245 e.